The maximum Gasteiger partial charge on any atom is 0.231 e. The van der Waals surface area contributed by atoms with E-state index in [2.05, 4.69) is 30.4 Å². The van der Waals surface area contributed by atoms with E-state index in [0.717, 1.165) is 41.6 Å². The largest absolute Gasteiger partial charge is 0.369 e. The molecule has 0 spiro atoms. The second kappa shape index (κ2) is 7.18. The standard InChI is InChI=1S/C15H21N7OS/c1-3-14-20-21-15(24-14)19-13-7-10(17-9(2)18-13)11-5-4-6-22(11)8-12(16)23/h7,11H,3-6,8H2,1-2H3,(H2,16,23)(H,17,18,19,21)/t11-/m0/s1. The summed E-state index contributed by atoms with van der Waals surface area (Å²) in [5.41, 5.74) is 6.26. The minimum atomic E-state index is -0.313. The molecule has 0 unspecified atom stereocenters. The number of aryl methyl sites for hydroxylation is 2. The van der Waals surface area contributed by atoms with Gasteiger partial charge in [0.15, 0.2) is 0 Å². The lowest BCUT2D eigenvalue weighted by Gasteiger charge is -2.23. The van der Waals surface area contributed by atoms with Crippen molar-refractivity contribution in [2.75, 3.05) is 18.4 Å². The summed E-state index contributed by atoms with van der Waals surface area (Å²) in [5.74, 6) is 1.07. The third-order valence-corrected chi connectivity index (χ3v) is 4.91. The van der Waals surface area contributed by atoms with Crippen molar-refractivity contribution in [3.8, 4) is 0 Å². The lowest BCUT2D eigenvalue weighted by atomic mass is 10.1. The fraction of sp³-hybridized carbons (Fsp3) is 0.533. The van der Waals surface area contributed by atoms with Crippen molar-refractivity contribution in [1.29, 1.82) is 0 Å². The number of carbonyl (C=O) groups is 1. The van der Waals surface area contributed by atoms with Crippen LogP contribution in [0.3, 0.4) is 0 Å². The zero-order valence-electron chi connectivity index (χ0n) is 13.8. The van der Waals surface area contributed by atoms with E-state index in [-0.39, 0.29) is 18.5 Å². The first-order valence-corrected chi connectivity index (χ1v) is 8.84. The number of hydrogen-bond acceptors (Lipinski definition) is 8. The Morgan fingerprint density at radius 3 is 3.00 bits per heavy atom. The predicted octanol–water partition coefficient (Wildman–Crippen LogP) is 1.56. The van der Waals surface area contributed by atoms with E-state index in [1.807, 2.05) is 19.9 Å². The van der Waals surface area contributed by atoms with Gasteiger partial charge in [0, 0.05) is 6.07 Å². The molecule has 1 fully saturated rings. The second-order valence-electron chi connectivity index (χ2n) is 5.80. The summed E-state index contributed by atoms with van der Waals surface area (Å²) in [6.45, 7) is 5.02. The summed E-state index contributed by atoms with van der Waals surface area (Å²) >= 11 is 1.52. The van der Waals surface area contributed by atoms with Gasteiger partial charge in [-0.25, -0.2) is 9.97 Å². The van der Waals surface area contributed by atoms with Crippen LogP contribution >= 0.6 is 11.3 Å². The Bertz CT molecular complexity index is 732. The topological polar surface area (TPSA) is 110 Å². The quantitative estimate of drug-likeness (QED) is 0.816. The maximum atomic E-state index is 11.3. The number of primary amides is 1. The Morgan fingerprint density at radius 2 is 2.29 bits per heavy atom. The van der Waals surface area contributed by atoms with Gasteiger partial charge in [0.2, 0.25) is 11.0 Å². The number of hydrogen-bond donors (Lipinski definition) is 2. The molecule has 1 aliphatic heterocycles. The molecule has 24 heavy (non-hydrogen) atoms. The van der Waals surface area contributed by atoms with Gasteiger partial charge in [-0.05, 0) is 32.7 Å². The minimum Gasteiger partial charge on any atom is -0.369 e. The van der Waals surface area contributed by atoms with Crippen molar-refractivity contribution in [1.82, 2.24) is 25.1 Å². The summed E-state index contributed by atoms with van der Waals surface area (Å²) in [5, 5.41) is 13.1. The number of anilines is 2. The number of nitrogens with two attached hydrogens (primary N) is 1. The van der Waals surface area contributed by atoms with Crippen LogP contribution < -0.4 is 11.1 Å². The van der Waals surface area contributed by atoms with Gasteiger partial charge in [-0.1, -0.05) is 18.3 Å². The average molecular weight is 347 g/mol. The normalized spacial score (nSPS) is 18.0. The van der Waals surface area contributed by atoms with Crippen LogP contribution in [-0.2, 0) is 11.2 Å². The molecule has 3 rings (SSSR count). The van der Waals surface area contributed by atoms with E-state index in [9.17, 15) is 4.79 Å². The van der Waals surface area contributed by atoms with E-state index in [1.165, 1.54) is 11.3 Å². The lowest BCUT2D eigenvalue weighted by Crippen LogP contribution is -2.33. The molecule has 2 aromatic rings. The molecule has 2 aromatic heterocycles. The van der Waals surface area contributed by atoms with E-state index < -0.39 is 0 Å². The Balaban J connectivity index is 1.81. The molecule has 8 nitrogen and oxygen atoms in total. The highest BCUT2D eigenvalue weighted by molar-refractivity contribution is 7.15. The Kier molecular flexibility index (Phi) is 5.00. The third kappa shape index (κ3) is 3.85. The summed E-state index contributed by atoms with van der Waals surface area (Å²) < 4.78 is 0. The van der Waals surface area contributed by atoms with Gasteiger partial charge in [-0.15, -0.1) is 10.2 Å². The number of nitrogens with zero attached hydrogens (tertiary/aromatic N) is 5. The van der Waals surface area contributed by atoms with Gasteiger partial charge in [0.25, 0.3) is 0 Å². The van der Waals surface area contributed by atoms with Gasteiger partial charge in [-0.2, -0.15) is 0 Å². The van der Waals surface area contributed by atoms with Crippen molar-refractivity contribution in [3.63, 3.8) is 0 Å². The number of nitrogens with one attached hydrogen (secondary N) is 1. The van der Waals surface area contributed by atoms with Crippen LogP contribution in [0, 0.1) is 6.92 Å². The van der Waals surface area contributed by atoms with E-state index >= 15 is 0 Å². The number of aromatic nitrogens is 4. The highest BCUT2D eigenvalue weighted by Crippen LogP contribution is 2.31. The SMILES string of the molecule is CCc1nnc(Nc2cc([C@@H]3CCCN3CC(N)=O)nc(C)n2)s1. The van der Waals surface area contributed by atoms with Gasteiger partial charge < -0.3 is 11.1 Å². The third-order valence-electron chi connectivity index (χ3n) is 3.93. The first-order chi connectivity index (χ1) is 11.5. The van der Waals surface area contributed by atoms with Crippen LogP contribution in [0.25, 0.3) is 0 Å². The smallest absolute Gasteiger partial charge is 0.231 e. The minimum absolute atomic E-state index is 0.0976. The molecule has 0 saturated carbocycles. The van der Waals surface area contributed by atoms with Crippen molar-refractivity contribution >= 4 is 28.2 Å². The van der Waals surface area contributed by atoms with Gasteiger partial charge >= 0.3 is 0 Å². The summed E-state index contributed by atoms with van der Waals surface area (Å²) in [6.07, 6.45) is 2.85. The van der Waals surface area contributed by atoms with Crippen LogP contribution in [0.15, 0.2) is 6.07 Å². The first kappa shape index (κ1) is 16.7. The predicted molar refractivity (Wildman–Crippen MR) is 92.1 cm³/mol. The van der Waals surface area contributed by atoms with Crippen LogP contribution in [0.5, 0.6) is 0 Å². The van der Waals surface area contributed by atoms with Crippen molar-refractivity contribution in [3.05, 3.63) is 22.6 Å². The summed E-state index contributed by atoms with van der Waals surface area (Å²) in [6, 6.07) is 2.02. The maximum absolute atomic E-state index is 11.3. The Morgan fingerprint density at radius 1 is 1.46 bits per heavy atom. The number of likely N-dealkylation sites (tertiary alicyclic amines) is 1. The van der Waals surface area contributed by atoms with Crippen molar-refractivity contribution < 1.29 is 4.79 Å². The molecule has 0 aromatic carbocycles. The lowest BCUT2D eigenvalue weighted by molar-refractivity contribution is -0.119. The summed E-state index contributed by atoms with van der Waals surface area (Å²) in [4.78, 5) is 22.3. The molecule has 128 valence electrons. The van der Waals surface area contributed by atoms with Gasteiger partial charge in [0.1, 0.15) is 16.6 Å². The highest BCUT2D eigenvalue weighted by Gasteiger charge is 2.28. The van der Waals surface area contributed by atoms with Crippen molar-refractivity contribution in [2.24, 2.45) is 5.73 Å². The molecule has 0 radical (unpaired) electrons. The molecular formula is C15H21N7OS. The van der Waals surface area contributed by atoms with Crippen LogP contribution in [-0.4, -0.2) is 44.1 Å². The van der Waals surface area contributed by atoms with Crippen LogP contribution in [0.4, 0.5) is 10.9 Å². The van der Waals surface area contributed by atoms with Crippen LogP contribution in [0.1, 0.15) is 42.3 Å². The number of rotatable bonds is 6. The molecule has 1 aliphatic rings. The van der Waals surface area contributed by atoms with E-state index in [0.29, 0.717) is 11.6 Å². The summed E-state index contributed by atoms with van der Waals surface area (Å²) in [7, 11) is 0. The monoisotopic (exact) mass is 347 g/mol. The molecule has 0 bridgehead atoms. The number of carbonyl (C=O) groups excluding carboxylic acids is 1. The molecule has 1 atom stereocenters. The molecule has 3 N–H and O–H groups in total. The van der Waals surface area contributed by atoms with Crippen LogP contribution in [0.2, 0.25) is 0 Å². The molecule has 9 heteroatoms. The van der Waals surface area contributed by atoms with E-state index in [4.69, 9.17) is 5.73 Å². The molecule has 3 heterocycles. The first-order valence-electron chi connectivity index (χ1n) is 8.02. The number of amides is 1. The van der Waals surface area contributed by atoms with Gasteiger partial charge in [0.05, 0.1) is 18.3 Å². The molecular weight excluding hydrogens is 326 g/mol. The van der Waals surface area contributed by atoms with E-state index in [1.54, 1.807) is 0 Å². The van der Waals surface area contributed by atoms with Gasteiger partial charge in [-0.3, -0.25) is 9.69 Å². The molecule has 1 saturated heterocycles. The molecule has 0 aliphatic carbocycles. The zero-order valence-corrected chi connectivity index (χ0v) is 14.6. The Hall–Kier alpha value is -2.13. The average Bonchev–Trinajstić information content (AvgIpc) is 3.15. The highest BCUT2D eigenvalue weighted by atomic mass is 32.1. The zero-order chi connectivity index (χ0) is 17.1. The fourth-order valence-corrected chi connectivity index (χ4v) is 3.62. The Labute approximate surface area is 144 Å². The van der Waals surface area contributed by atoms with Crippen molar-refractivity contribution in [2.45, 2.75) is 39.2 Å². The fourth-order valence-electron chi connectivity index (χ4n) is 2.93. The second-order valence-corrected chi connectivity index (χ2v) is 6.86. The molecule has 1 amide bonds.